The van der Waals surface area contributed by atoms with E-state index in [2.05, 4.69) is 15.4 Å². The second kappa shape index (κ2) is 6.81. The van der Waals surface area contributed by atoms with E-state index in [0.29, 0.717) is 5.41 Å². The first-order chi connectivity index (χ1) is 12.6. The molecular formula is C19H25N5O2. The summed E-state index contributed by atoms with van der Waals surface area (Å²) in [5.41, 5.74) is 1.41. The Morgan fingerprint density at radius 1 is 1.19 bits per heavy atom. The van der Waals surface area contributed by atoms with Crippen LogP contribution in [0.1, 0.15) is 44.7 Å². The molecule has 1 aliphatic heterocycles. The lowest BCUT2D eigenvalue weighted by atomic mass is 9.93. The van der Waals surface area contributed by atoms with Gasteiger partial charge in [0.15, 0.2) is 12.1 Å². The van der Waals surface area contributed by atoms with Gasteiger partial charge >= 0.3 is 0 Å². The Kier molecular flexibility index (Phi) is 4.50. The van der Waals surface area contributed by atoms with E-state index in [1.807, 2.05) is 35.2 Å². The number of amides is 1. The summed E-state index contributed by atoms with van der Waals surface area (Å²) in [6.45, 7) is 3.42. The number of piperidine rings is 1. The average molecular weight is 355 g/mol. The third-order valence-corrected chi connectivity index (χ3v) is 5.65. The molecule has 0 bridgehead atoms. The van der Waals surface area contributed by atoms with Gasteiger partial charge in [-0.3, -0.25) is 10.1 Å². The molecule has 1 aliphatic carbocycles. The van der Waals surface area contributed by atoms with Crippen molar-refractivity contribution in [3.05, 3.63) is 42.5 Å². The molecule has 1 unspecified atom stereocenters. The van der Waals surface area contributed by atoms with Gasteiger partial charge in [-0.05, 0) is 50.2 Å². The Bertz CT molecular complexity index is 761. The van der Waals surface area contributed by atoms with Crippen molar-refractivity contribution in [1.82, 2.24) is 25.0 Å². The van der Waals surface area contributed by atoms with E-state index in [9.17, 15) is 9.90 Å². The molecule has 2 fully saturated rings. The van der Waals surface area contributed by atoms with Gasteiger partial charge in [-0.2, -0.15) is 0 Å². The first kappa shape index (κ1) is 17.2. The number of carbonyl (C=O) groups excluding carboxylic acids is 1. The van der Waals surface area contributed by atoms with Gasteiger partial charge in [0.1, 0.15) is 6.33 Å². The first-order valence-electron chi connectivity index (χ1n) is 9.26. The molecule has 1 saturated heterocycles. The van der Waals surface area contributed by atoms with Crippen LogP contribution in [0.2, 0.25) is 0 Å². The number of aliphatic hydroxyl groups is 1. The van der Waals surface area contributed by atoms with Crippen molar-refractivity contribution in [2.45, 2.75) is 44.9 Å². The van der Waals surface area contributed by atoms with Crippen molar-refractivity contribution >= 4 is 5.91 Å². The Balaban J connectivity index is 1.34. The molecule has 2 aromatic rings. The molecule has 2 N–H and O–H groups in total. The van der Waals surface area contributed by atoms with Gasteiger partial charge < -0.3 is 10.0 Å². The SMILES string of the molecule is C[C@H](NC(O)c1ncn(-c2ccccc2)n1)C(=O)N1CCC2(CC1)CC2. The van der Waals surface area contributed by atoms with Crippen molar-refractivity contribution in [2.24, 2.45) is 5.41 Å². The number of nitrogens with zero attached hydrogens (tertiary/aromatic N) is 4. The molecule has 0 radical (unpaired) electrons. The van der Waals surface area contributed by atoms with Crippen LogP contribution in [0.25, 0.3) is 5.69 Å². The zero-order chi connectivity index (χ0) is 18.1. The van der Waals surface area contributed by atoms with Gasteiger partial charge in [-0.25, -0.2) is 9.67 Å². The van der Waals surface area contributed by atoms with Crippen LogP contribution in [0.5, 0.6) is 0 Å². The third kappa shape index (κ3) is 3.50. The van der Waals surface area contributed by atoms with Crippen molar-refractivity contribution in [3.63, 3.8) is 0 Å². The number of rotatable bonds is 5. The summed E-state index contributed by atoms with van der Waals surface area (Å²) in [7, 11) is 0. The molecule has 1 spiro atoms. The Hall–Kier alpha value is -2.25. The monoisotopic (exact) mass is 355 g/mol. The van der Waals surface area contributed by atoms with E-state index >= 15 is 0 Å². The first-order valence-corrected chi connectivity index (χ1v) is 9.26. The predicted octanol–water partition coefficient (Wildman–Crippen LogP) is 1.64. The van der Waals surface area contributed by atoms with Crippen molar-refractivity contribution in [1.29, 1.82) is 0 Å². The standard InChI is InChI=1S/C19H25N5O2/c1-14(18(26)23-11-9-19(7-8-19)10-12-23)21-17(25)16-20-13-24(22-16)15-5-3-2-4-6-15/h2-6,13-14,17,21,25H,7-12H2,1H3/t14-,17?/m0/s1. The number of nitrogens with one attached hydrogen (secondary N) is 1. The summed E-state index contributed by atoms with van der Waals surface area (Å²) in [6, 6.07) is 9.09. The molecule has 1 amide bonds. The van der Waals surface area contributed by atoms with Gasteiger partial charge in [0.25, 0.3) is 0 Å². The maximum absolute atomic E-state index is 12.6. The summed E-state index contributed by atoms with van der Waals surface area (Å²) in [6.07, 6.45) is 5.32. The van der Waals surface area contributed by atoms with Gasteiger partial charge in [-0.1, -0.05) is 18.2 Å². The van der Waals surface area contributed by atoms with Crippen molar-refractivity contribution in [3.8, 4) is 5.69 Å². The number of hydrogen-bond donors (Lipinski definition) is 2. The summed E-state index contributed by atoms with van der Waals surface area (Å²) < 4.78 is 1.60. The number of likely N-dealkylation sites (tertiary alicyclic amines) is 1. The van der Waals surface area contributed by atoms with E-state index < -0.39 is 12.3 Å². The van der Waals surface area contributed by atoms with E-state index in [1.54, 1.807) is 17.9 Å². The van der Waals surface area contributed by atoms with Gasteiger partial charge in [0, 0.05) is 13.1 Å². The zero-order valence-electron chi connectivity index (χ0n) is 15.0. The Morgan fingerprint density at radius 2 is 1.88 bits per heavy atom. The van der Waals surface area contributed by atoms with Crippen LogP contribution < -0.4 is 5.32 Å². The quantitative estimate of drug-likeness (QED) is 0.797. The molecular weight excluding hydrogens is 330 g/mol. The number of aliphatic hydroxyl groups excluding tert-OH is 1. The normalized spacial score (nSPS) is 20.8. The van der Waals surface area contributed by atoms with Crippen molar-refractivity contribution < 1.29 is 9.90 Å². The Morgan fingerprint density at radius 3 is 2.54 bits per heavy atom. The average Bonchev–Trinajstić information content (AvgIpc) is 3.23. The van der Waals surface area contributed by atoms with Crippen LogP contribution in [-0.2, 0) is 4.79 Å². The number of carbonyl (C=O) groups is 1. The summed E-state index contributed by atoms with van der Waals surface area (Å²) in [5, 5.41) is 17.6. The van der Waals surface area contributed by atoms with Gasteiger partial charge in [0.2, 0.25) is 5.91 Å². The van der Waals surface area contributed by atoms with E-state index in [0.717, 1.165) is 31.6 Å². The molecule has 1 aromatic heterocycles. The molecule has 138 valence electrons. The van der Waals surface area contributed by atoms with Crippen LogP contribution in [-0.4, -0.2) is 49.8 Å². The number of benzene rings is 1. The molecule has 1 aromatic carbocycles. The highest BCUT2D eigenvalue weighted by Crippen LogP contribution is 2.53. The third-order valence-electron chi connectivity index (χ3n) is 5.65. The van der Waals surface area contributed by atoms with Gasteiger partial charge in [0.05, 0.1) is 11.7 Å². The Labute approximate surface area is 153 Å². The number of para-hydroxylation sites is 1. The minimum absolute atomic E-state index is 0.0297. The lowest BCUT2D eigenvalue weighted by Gasteiger charge is -2.34. The minimum Gasteiger partial charge on any atom is -0.371 e. The minimum atomic E-state index is -1.08. The molecule has 1 saturated carbocycles. The fourth-order valence-electron chi connectivity index (χ4n) is 3.64. The molecule has 26 heavy (non-hydrogen) atoms. The van der Waals surface area contributed by atoms with E-state index in [-0.39, 0.29) is 11.7 Å². The highest BCUT2D eigenvalue weighted by molar-refractivity contribution is 5.81. The largest absolute Gasteiger partial charge is 0.371 e. The maximum atomic E-state index is 12.6. The fourth-order valence-corrected chi connectivity index (χ4v) is 3.64. The summed E-state index contributed by atoms with van der Waals surface area (Å²) >= 11 is 0. The second-order valence-electron chi connectivity index (χ2n) is 7.50. The van der Waals surface area contributed by atoms with Crippen LogP contribution in [0.15, 0.2) is 36.7 Å². The molecule has 2 aliphatic rings. The summed E-state index contributed by atoms with van der Waals surface area (Å²) in [5.74, 6) is 0.283. The highest BCUT2D eigenvalue weighted by atomic mass is 16.3. The van der Waals surface area contributed by atoms with Crippen LogP contribution in [0, 0.1) is 5.41 Å². The highest BCUT2D eigenvalue weighted by Gasteiger charge is 2.45. The predicted molar refractivity (Wildman–Crippen MR) is 96.4 cm³/mol. The smallest absolute Gasteiger partial charge is 0.239 e. The lowest BCUT2D eigenvalue weighted by Crippen LogP contribution is -2.49. The maximum Gasteiger partial charge on any atom is 0.239 e. The number of aromatic nitrogens is 3. The second-order valence-corrected chi connectivity index (χ2v) is 7.50. The molecule has 7 heteroatoms. The molecule has 2 heterocycles. The molecule has 4 rings (SSSR count). The van der Waals surface area contributed by atoms with E-state index in [1.165, 1.54) is 12.8 Å². The fraction of sp³-hybridized carbons (Fsp3) is 0.526. The molecule has 2 atom stereocenters. The lowest BCUT2D eigenvalue weighted by molar-refractivity contribution is -0.135. The number of hydrogen-bond acceptors (Lipinski definition) is 5. The van der Waals surface area contributed by atoms with Crippen LogP contribution in [0.4, 0.5) is 0 Å². The van der Waals surface area contributed by atoms with E-state index in [4.69, 9.17) is 0 Å². The van der Waals surface area contributed by atoms with Crippen LogP contribution >= 0.6 is 0 Å². The topological polar surface area (TPSA) is 83.3 Å². The van der Waals surface area contributed by atoms with Crippen LogP contribution in [0.3, 0.4) is 0 Å². The van der Waals surface area contributed by atoms with Crippen molar-refractivity contribution in [2.75, 3.05) is 13.1 Å². The van der Waals surface area contributed by atoms with Gasteiger partial charge in [-0.15, -0.1) is 5.10 Å². The summed E-state index contributed by atoms with van der Waals surface area (Å²) in [4.78, 5) is 18.7. The zero-order valence-corrected chi connectivity index (χ0v) is 15.0. The molecule has 7 nitrogen and oxygen atoms in total.